The lowest BCUT2D eigenvalue weighted by molar-refractivity contribution is 0.334. The van der Waals surface area contributed by atoms with Crippen molar-refractivity contribution in [2.45, 2.75) is 42.9 Å². The molecule has 88 valence electrons. The molecule has 2 atom stereocenters. The van der Waals surface area contributed by atoms with Gasteiger partial charge in [-0.1, -0.05) is 35.8 Å². The standard InChI is InChI=1S/C13H18BrNS/c1-13(2)7-6-11(12(13)15)16-10-5-3-4-9(14)8-10/h3-5,8,11-12H,6-7,15H2,1-2H3. The lowest BCUT2D eigenvalue weighted by Gasteiger charge is -2.26. The van der Waals surface area contributed by atoms with Crippen LogP contribution in [-0.4, -0.2) is 11.3 Å². The molecule has 1 aromatic rings. The zero-order chi connectivity index (χ0) is 11.8. The highest BCUT2D eigenvalue weighted by Crippen LogP contribution is 2.44. The summed E-state index contributed by atoms with van der Waals surface area (Å²) in [6.07, 6.45) is 2.46. The van der Waals surface area contributed by atoms with Gasteiger partial charge in [-0.15, -0.1) is 11.8 Å². The topological polar surface area (TPSA) is 26.0 Å². The Morgan fingerprint density at radius 1 is 1.44 bits per heavy atom. The number of hydrogen-bond donors (Lipinski definition) is 1. The van der Waals surface area contributed by atoms with Crippen LogP contribution in [0.25, 0.3) is 0 Å². The third-order valence-corrected chi connectivity index (χ3v) is 5.31. The summed E-state index contributed by atoms with van der Waals surface area (Å²) in [4.78, 5) is 1.31. The van der Waals surface area contributed by atoms with Crippen LogP contribution in [0.2, 0.25) is 0 Å². The summed E-state index contributed by atoms with van der Waals surface area (Å²) in [5.74, 6) is 0. The van der Waals surface area contributed by atoms with Crippen molar-refractivity contribution in [3.63, 3.8) is 0 Å². The average molecular weight is 300 g/mol. The normalized spacial score (nSPS) is 28.2. The fraction of sp³-hybridized carbons (Fsp3) is 0.538. The predicted molar refractivity (Wildman–Crippen MR) is 74.8 cm³/mol. The van der Waals surface area contributed by atoms with Gasteiger partial charge >= 0.3 is 0 Å². The SMILES string of the molecule is CC1(C)CCC(Sc2cccc(Br)c2)C1N. The second-order valence-corrected chi connectivity index (χ2v) is 7.39. The monoisotopic (exact) mass is 299 g/mol. The zero-order valence-corrected chi connectivity index (χ0v) is 12.1. The molecule has 1 nitrogen and oxygen atoms in total. The largest absolute Gasteiger partial charge is 0.326 e. The van der Waals surface area contributed by atoms with Crippen LogP contribution in [-0.2, 0) is 0 Å². The lowest BCUT2D eigenvalue weighted by Crippen LogP contribution is -2.38. The van der Waals surface area contributed by atoms with Gasteiger partial charge in [0.2, 0.25) is 0 Å². The van der Waals surface area contributed by atoms with Crippen LogP contribution in [0.1, 0.15) is 26.7 Å². The Kier molecular flexibility index (Phi) is 3.67. The van der Waals surface area contributed by atoms with Crippen molar-refractivity contribution in [3.8, 4) is 0 Å². The van der Waals surface area contributed by atoms with Crippen LogP contribution < -0.4 is 5.73 Å². The van der Waals surface area contributed by atoms with Crippen molar-refractivity contribution < 1.29 is 0 Å². The number of halogens is 1. The Morgan fingerprint density at radius 3 is 2.75 bits per heavy atom. The first-order valence-corrected chi connectivity index (χ1v) is 7.34. The molecule has 0 bridgehead atoms. The minimum absolute atomic E-state index is 0.295. The summed E-state index contributed by atoms with van der Waals surface area (Å²) in [6, 6.07) is 8.77. The molecule has 0 spiro atoms. The van der Waals surface area contributed by atoms with Crippen LogP contribution in [0, 0.1) is 5.41 Å². The van der Waals surface area contributed by atoms with E-state index in [1.54, 1.807) is 0 Å². The van der Waals surface area contributed by atoms with E-state index in [-0.39, 0.29) is 0 Å². The van der Waals surface area contributed by atoms with E-state index in [9.17, 15) is 0 Å². The van der Waals surface area contributed by atoms with E-state index < -0.39 is 0 Å². The van der Waals surface area contributed by atoms with E-state index in [4.69, 9.17) is 5.73 Å². The van der Waals surface area contributed by atoms with Crippen molar-refractivity contribution in [2.75, 3.05) is 0 Å². The molecule has 2 rings (SSSR count). The molecule has 2 unspecified atom stereocenters. The second-order valence-electron chi connectivity index (χ2n) is 5.17. The highest BCUT2D eigenvalue weighted by Gasteiger charge is 2.39. The van der Waals surface area contributed by atoms with E-state index in [0.717, 1.165) is 4.47 Å². The van der Waals surface area contributed by atoms with Gasteiger partial charge in [-0.3, -0.25) is 0 Å². The Hall–Kier alpha value is 0.01000. The van der Waals surface area contributed by atoms with Crippen molar-refractivity contribution in [3.05, 3.63) is 28.7 Å². The third-order valence-electron chi connectivity index (χ3n) is 3.46. The Balaban J connectivity index is 2.06. The summed E-state index contributed by atoms with van der Waals surface area (Å²) >= 11 is 5.43. The Labute approximate surface area is 110 Å². The van der Waals surface area contributed by atoms with Gasteiger partial charge in [0.25, 0.3) is 0 Å². The molecular weight excluding hydrogens is 282 g/mol. The van der Waals surface area contributed by atoms with Crippen molar-refractivity contribution in [1.29, 1.82) is 0 Å². The minimum Gasteiger partial charge on any atom is -0.326 e. The molecule has 0 radical (unpaired) electrons. The smallest absolute Gasteiger partial charge is 0.0251 e. The van der Waals surface area contributed by atoms with Crippen LogP contribution in [0.15, 0.2) is 33.6 Å². The van der Waals surface area contributed by atoms with Crippen molar-refractivity contribution in [2.24, 2.45) is 11.1 Å². The molecular formula is C13H18BrNS. The first kappa shape index (κ1) is 12.5. The summed E-state index contributed by atoms with van der Waals surface area (Å²) in [6.45, 7) is 4.55. The van der Waals surface area contributed by atoms with Crippen LogP contribution >= 0.6 is 27.7 Å². The van der Waals surface area contributed by atoms with Gasteiger partial charge in [0.15, 0.2) is 0 Å². The molecule has 1 aromatic carbocycles. The maximum Gasteiger partial charge on any atom is 0.0251 e. The summed E-state index contributed by atoms with van der Waals surface area (Å²) < 4.78 is 1.14. The molecule has 2 N–H and O–H groups in total. The second kappa shape index (κ2) is 4.71. The fourth-order valence-corrected chi connectivity index (χ4v) is 4.21. The molecule has 0 aliphatic heterocycles. The van der Waals surface area contributed by atoms with Crippen LogP contribution in [0.5, 0.6) is 0 Å². The number of hydrogen-bond acceptors (Lipinski definition) is 2. The molecule has 16 heavy (non-hydrogen) atoms. The Bertz CT molecular complexity index is 378. The molecule has 0 amide bonds. The molecule has 1 aliphatic carbocycles. The average Bonchev–Trinajstić information content (AvgIpc) is 2.45. The summed E-state index contributed by atoms with van der Waals surface area (Å²) in [7, 11) is 0. The molecule has 3 heteroatoms. The highest BCUT2D eigenvalue weighted by atomic mass is 79.9. The molecule has 1 fully saturated rings. The minimum atomic E-state index is 0.295. The maximum atomic E-state index is 6.31. The van der Waals surface area contributed by atoms with E-state index in [2.05, 4.69) is 54.0 Å². The molecule has 0 aromatic heterocycles. The number of nitrogens with two attached hydrogens (primary N) is 1. The Morgan fingerprint density at radius 2 is 2.19 bits per heavy atom. The number of rotatable bonds is 2. The zero-order valence-electron chi connectivity index (χ0n) is 9.74. The molecule has 0 saturated heterocycles. The van der Waals surface area contributed by atoms with Gasteiger partial charge in [-0.05, 0) is 36.5 Å². The molecule has 0 heterocycles. The third kappa shape index (κ3) is 2.63. The number of thioether (sulfide) groups is 1. The van der Waals surface area contributed by atoms with E-state index in [1.165, 1.54) is 17.7 Å². The first-order chi connectivity index (χ1) is 7.49. The van der Waals surface area contributed by atoms with Gasteiger partial charge in [0, 0.05) is 20.7 Å². The van der Waals surface area contributed by atoms with E-state index in [1.807, 2.05) is 11.8 Å². The maximum absolute atomic E-state index is 6.31. The lowest BCUT2D eigenvalue weighted by atomic mass is 9.88. The van der Waals surface area contributed by atoms with Crippen molar-refractivity contribution >= 4 is 27.7 Å². The highest BCUT2D eigenvalue weighted by molar-refractivity contribution is 9.10. The molecule has 1 aliphatic rings. The molecule has 1 saturated carbocycles. The van der Waals surface area contributed by atoms with Gasteiger partial charge in [-0.25, -0.2) is 0 Å². The number of benzene rings is 1. The fourth-order valence-electron chi connectivity index (χ4n) is 2.21. The first-order valence-electron chi connectivity index (χ1n) is 5.67. The van der Waals surface area contributed by atoms with E-state index in [0.29, 0.717) is 16.7 Å². The summed E-state index contributed by atoms with van der Waals surface area (Å²) in [5.41, 5.74) is 6.61. The quantitative estimate of drug-likeness (QED) is 0.891. The van der Waals surface area contributed by atoms with Gasteiger partial charge < -0.3 is 5.73 Å². The van der Waals surface area contributed by atoms with Crippen molar-refractivity contribution in [1.82, 2.24) is 0 Å². The van der Waals surface area contributed by atoms with Gasteiger partial charge in [0.05, 0.1) is 0 Å². The van der Waals surface area contributed by atoms with Crippen LogP contribution in [0.4, 0.5) is 0 Å². The van der Waals surface area contributed by atoms with Gasteiger partial charge in [-0.2, -0.15) is 0 Å². The van der Waals surface area contributed by atoms with Crippen LogP contribution in [0.3, 0.4) is 0 Å². The van der Waals surface area contributed by atoms with E-state index >= 15 is 0 Å². The summed E-state index contributed by atoms with van der Waals surface area (Å²) in [5, 5.41) is 0.560. The predicted octanol–water partition coefficient (Wildman–Crippen LogP) is 4.06. The van der Waals surface area contributed by atoms with Gasteiger partial charge in [0.1, 0.15) is 0 Å².